The molecule has 1 aliphatic rings. The second-order valence-corrected chi connectivity index (χ2v) is 5.57. The van der Waals surface area contributed by atoms with Crippen LogP contribution in [0, 0.1) is 5.41 Å². The highest BCUT2D eigenvalue weighted by molar-refractivity contribution is 5.94. The summed E-state index contributed by atoms with van der Waals surface area (Å²) in [6.07, 6.45) is 4.02. The van der Waals surface area contributed by atoms with Gasteiger partial charge in [0.1, 0.15) is 11.5 Å². The molecule has 1 unspecified atom stereocenters. The Kier molecular flexibility index (Phi) is 5.09. The fraction of sp³-hybridized carbons (Fsp3) is 0.600. The predicted molar refractivity (Wildman–Crippen MR) is 81.9 cm³/mol. The molecule has 0 amide bonds. The minimum absolute atomic E-state index is 0.0561. The van der Waals surface area contributed by atoms with Crippen LogP contribution in [-0.4, -0.2) is 53.3 Å². The Morgan fingerprint density at radius 2 is 2.30 bits per heavy atom. The third-order valence-corrected chi connectivity index (χ3v) is 4.02. The van der Waals surface area contributed by atoms with Crippen molar-refractivity contribution in [3.05, 3.63) is 29.6 Å². The molecule has 1 aromatic heterocycles. The topological polar surface area (TPSA) is 69.2 Å². The fourth-order valence-electron chi connectivity index (χ4n) is 2.92. The first-order valence-corrected chi connectivity index (χ1v) is 7.32. The van der Waals surface area contributed by atoms with Crippen LogP contribution in [0.3, 0.4) is 0 Å². The summed E-state index contributed by atoms with van der Waals surface area (Å²) < 4.78 is 0. The second kappa shape index (κ2) is 6.81. The number of aromatic nitrogens is 1. The number of amidine groups is 1. The summed E-state index contributed by atoms with van der Waals surface area (Å²) in [4.78, 5) is 9.16. The van der Waals surface area contributed by atoms with Crippen molar-refractivity contribution in [1.82, 2.24) is 14.8 Å². The van der Waals surface area contributed by atoms with Gasteiger partial charge in [-0.15, -0.1) is 0 Å². The molecule has 3 N–H and O–H groups in total. The number of nitrogen functional groups attached to an aromatic ring is 1. The molecule has 1 aromatic rings. The summed E-state index contributed by atoms with van der Waals surface area (Å²) in [6.45, 7) is 6.42. The van der Waals surface area contributed by atoms with Gasteiger partial charge in [-0.25, -0.2) is 0 Å². The van der Waals surface area contributed by atoms with Crippen molar-refractivity contribution in [3.63, 3.8) is 0 Å². The lowest BCUT2D eigenvalue weighted by Gasteiger charge is -2.30. The lowest BCUT2D eigenvalue weighted by molar-refractivity contribution is 0.175. The zero-order chi connectivity index (χ0) is 14.5. The summed E-state index contributed by atoms with van der Waals surface area (Å²) in [5.41, 5.74) is 7.32. The number of rotatable bonds is 4. The third kappa shape index (κ3) is 3.55. The average Bonchev–Trinajstić information content (AvgIpc) is 2.61. The van der Waals surface area contributed by atoms with Gasteiger partial charge in [-0.1, -0.05) is 13.0 Å². The van der Waals surface area contributed by atoms with Gasteiger partial charge in [-0.3, -0.25) is 15.3 Å². The normalized spacial score (nSPS) is 21.6. The highest BCUT2D eigenvalue weighted by Gasteiger charge is 2.23. The first-order valence-electron chi connectivity index (χ1n) is 7.32. The van der Waals surface area contributed by atoms with Crippen LogP contribution in [-0.2, 0) is 6.54 Å². The number of pyridine rings is 1. The zero-order valence-corrected chi connectivity index (χ0v) is 12.5. The summed E-state index contributed by atoms with van der Waals surface area (Å²) >= 11 is 0. The van der Waals surface area contributed by atoms with Crippen molar-refractivity contribution < 1.29 is 0 Å². The van der Waals surface area contributed by atoms with Crippen LogP contribution >= 0.6 is 0 Å². The molecular weight excluding hydrogens is 250 g/mol. The third-order valence-electron chi connectivity index (χ3n) is 4.02. The maximum atomic E-state index is 7.65. The van der Waals surface area contributed by atoms with Crippen LogP contribution in [0.1, 0.15) is 31.0 Å². The number of nitrogens with zero attached hydrogens (tertiary/aromatic N) is 3. The minimum Gasteiger partial charge on any atom is -0.382 e. The minimum atomic E-state index is 0.0561. The SMILES string of the molecule is CCC1CN(C)CCCN1Cc1cccnc1C(=N)N. The number of likely N-dealkylation sites (N-methyl/N-ethyl adjacent to an activating group) is 1. The smallest absolute Gasteiger partial charge is 0.142 e. The molecule has 2 heterocycles. The van der Waals surface area contributed by atoms with E-state index in [1.807, 2.05) is 12.1 Å². The van der Waals surface area contributed by atoms with E-state index in [4.69, 9.17) is 11.1 Å². The zero-order valence-electron chi connectivity index (χ0n) is 12.5. The lowest BCUT2D eigenvalue weighted by atomic mass is 10.1. The molecule has 110 valence electrons. The predicted octanol–water partition coefficient (Wildman–Crippen LogP) is 1.28. The number of nitrogens with two attached hydrogens (primary N) is 1. The standard InChI is InChI=1S/C15H25N5/c1-3-13-11-19(2)8-5-9-20(13)10-12-6-4-7-18-14(12)15(16)17/h4,6-7,13H,3,5,8-11H2,1-2H3,(H3,16,17). The van der Waals surface area contributed by atoms with Crippen LogP contribution in [0.25, 0.3) is 0 Å². The molecule has 0 radical (unpaired) electrons. The van der Waals surface area contributed by atoms with Crippen LogP contribution < -0.4 is 5.73 Å². The summed E-state index contributed by atoms with van der Waals surface area (Å²) in [5, 5.41) is 7.65. The van der Waals surface area contributed by atoms with Gasteiger partial charge < -0.3 is 10.6 Å². The van der Waals surface area contributed by atoms with E-state index in [1.54, 1.807) is 6.20 Å². The van der Waals surface area contributed by atoms with Gasteiger partial charge in [0.15, 0.2) is 0 Å². The monoisotopic (exact) mass is 275 g/mol. The Labute approximate surface area is 121 Å². The van der Waals surface area contributed by atoms with E-state index < -0.39 is 0 Å². The van der Waals surface area contributed by atoms with Gasteiger partial charge in [0.25, 0.3) is 0 Å². The average molecular weight is 275 g/mol. The number of hydrogen-bond donors (Lipinski definition) is 2. The molecule has 1 fully saturated rings. The molecule has 2 rings (SSSR count). The van der Waals surface area contributed by atoms with E-state index in [0.29, 0.717) is 11.7 Å². The Balaban J connectivity index is 2.17. The highest BCUT2D eigenvalue weighted by atomic mass is 15.2. The molecule has 0 saturated carbocycles. The molecule has 1 aliphatic heterocycles. The first-order chi connectivity index (χ1) is 9.61. The number of hydrogen-bond acceptors (Lipinski definition) is 4. The quantitative estimate of drug-likeness (QED) is 0.641. The van der Waals surface area contributed by atoms with Crippen LogP contribution in [0.4, 0.5) is 0 Å². The van der Waals surface area contributed by atoms with E-state index in [1.165, 1.54) is 6.42 Å². The molecule has 0 aliphatic carbocycles. The van der Waals surface area contributed by atoms with Crippen molar-refractivity contribution in [1.29, 1.82) is 5.41 Å². The largest absolute Gasteiger partial charge is 0.382 e. The molecule has 0 spiro atoms. The van der Waals surface area contributed by atoms with Crippen LogP contribution in [0.15, 0.2) is 18.3 Å². The van der Waals surface area contributed by atoms with Crippen LogP contribution in [0.5, 0.6) is 0 Å². The Hall–Kier alpha value is -1.46. The van der Waals surface area contributed by atoms with E-state index in [2.05, 4.69) is 28.8 Å². The van der Waals surface area contributed by atoms with Gasteiger partial charge in [0.05, 0.1) is 0 Å². The first kappa shape index (κ1) is 14.9. The maximum Gasteiger partial charge on any atom is 0.142 e. The molecule has 0 bridgehead atoms. The van der Waals surface area contributed by atoms with Gasteiger partial charge in [0.2, 0.25) is 0 Å². The van der Waals surface area contributed by atoms with Gasteiger partial charge >= 0.3 is 0 Å². The van der Waals surface area contributed by atoms with Crippen LogP contribution in [0.2, 0.25) is 0 Å². The van der Waals surface area contributed by atoms with Crippen molar-refractivity contribution in [2.45, 2.75) is 32.4 Å². The molecule has 20 heavy (non-hydrogen) atoms. The van der Waals surface area contributed by atoms with E-state index in [9.17, 15) is 0 Å². The van der Waals surface area contributed by atoms with E-state index in [-0.39, 0.29) is 5.84 Å². The summed E-state index contributed by atoms with van der Waals surface area (Å²) in [6, 6.07) is 4.51. The molecule has 5 heteroatoms. The Bertz CT molecular complexity index is 459. The molecule has 5 nitrogen and oxygen atoms in total. The Morgan fingerprint density at radius 1 is 1.50 bits per heavy atom. The number of nitrogens with one attached hydrogen (secondary N) is 1. The van der Waals surface area contributed by atoms with Crippen molar-refractivity contribution in [2.24, 2.45) is 5.73 Å². The second-order valence-electron chi connectivity index (χ2n) is 5.57. The Morgan fingerprint density at radius 3 is 3.00 bits per heavy atom. The molecular formula is C15H25N5. The van der Waals surface area contributed by atoms with Crippen molar-refractivity contribution >= 4 is 5.84 Å². The van der Waals surface area contributed by atoms with Gasteiger partial charge in [0, 0.05) is 31.9 Å². The van der Waals surface area contributed by atoms with Gasteiger partial charge in [-0.05, 0) is 38.1 Å². The summed E-state index contributed by atoms with van der Waals surface area (Å²) in [5.74, 6) is 0.0561. The lowest BCUT2D eigenvalue weighted by Crippen LogP contribution is -2.39. The fourth-order valence-corrected chi connectivity index (χ4v) is 2.92. The van der Waals surface area contributed by atoms with Crippen molar-refractivity contribution in [2.75, 3.05) is 26.7 Å². The van der Waals surface area contributed by atoms with Gasteiger partial charge in [-0.2, -0.15) is 0 Å². The molecule has 1 saturated heterocycles. The molecule has 0 aromatic carbocycles. The van der Waals surface area contributed by atoms with E-state index >= 15 is 0 Å². The van der Waals surface area contributed by atoms with Crippen molar-refractivity contribution in [3.8, 4) is 0 Å². The highest BCUT2D eigenvalue weighted by Crippen LogP contribution is 2.17. The maximum absolute atomic E-state index is 7.65. The summed E-state index contributed by atoms with van der Waals surface area (Å²) in [7, 11) is 2.19. The van der Waals surface area contributed by atoms with E-state index in [0.717, 1.165) is 38.2 Å². The molecule has 1 atom stereocenters.